The molecule has 1 aliphatic rings. The van der Waals surface area contributed by atoms with E-state index in [1.54, 1.807) is 0 Å². The predicted molar refractivity (Wildman–Crippen MR) is 98.4 cm³/mol. The molecule has 1 aliphatic heterocycles. The van der Waals surface area contributed by atoms with E-state index in [2.05, 4.69) is 9.89 Å². The van der Waals surface area contributed by atoms with E-state index < -0.39 is 0 Å². The topological polar surface area (TPSA) is 35.8 Å². The molecule has 0 bridgehead atoms. The minimum atomic E-state index is -0.190. The third-order valence-corrected chi connectivity index (χ3v) is 5.25. The Kier molecular flexibility index (Phi) is 5.07. The molecule has 0 fully saturated rings. The maximum absolute atomic E-state index is 9.70. The average molecular weight is 367 g/mol. The number of aliphatic imine (C=N–C) groups is 1. The molecule has 1 aromatic heterocycles. The van der Waals surface area contributed by atoms with Crippen LogP contribution in [0.5, 0.6) is 0 Å². The van der Waals surface area contributed by atoms with Crippen molar-refractivity contribution in [3.63, 3.8) is 0 Å². The summed E-state index contributed by atoms with van der Waals surface area (Å²) in [5.41, 5.74) is 2.04. The largest absolute Gasteiger partial charge is 0.394 e. The van der Waals surface area contributed by atoms with Crippen LogP contribution in [0.25, 0.3) is 5.70 Å². The smallest absolute Gasteiger partial charge is 0.156 e. The highest BCUT2D eigenvalue weighted by Crippen LogP contribution is 2.39. The first kappa shape index (κ1) is 16.5. The summed E-state index contributed by atoms with van der Waals surface area (Å²) in [4.78, 5) is 7.76. The zero-order valence-electron chi connectivity index (χ0n) is 12.5. The van der Waals surface area contributed by atoms with Gasteiger partial charge in [-0.1, -0.05) is 35.3 Å². The molecular weight excluding hydrogens is 351 g/mol. The summed E-state index contributed by atoms with van der Waals surface area (Å²) in [7, 11) is 0. The number of aliphatic hydroxyl groups excluding tert-OH is 1. The SMILES string of the molecule is C[C@@H](CO)N1C(c2ccc(Cl)cc2)=CC=NC1c1ccc(Cl)s1. The Morgan fingerprint density at radius 3 is 2.57 bits per heavy atom. The molecule has 2 heterocycles. The lowest BCUT2D eigenvalue weighted by Crippen LogP contribution is -2.38. The minimum Gasteiger partial charge on any atom is -0.394 e. The second kappa shape index (κ2) is 7.05. The number of hydrogen-bond donors (Lipinski definition) is 1. The van der Waals surface area contributed by atoms with Crippen molar-refractivity contribution in [1.29, 1.82) is 0 Å². The van der Waals surface area contributed by atoms with Crippen molar-refractivity contribution in [1.82, 2.24) is 4.90 Å². The van der Waals surface area contributed by atoms with Crippen LogP contribution in [0.4, 0.5) is 0 Å². The number of benzene rings is 1. The Morgan fingerprint density at radius 1 is 1.22 bits per heavy atom. The highest BCUT2D eigenvalue weighted by atomic mass is 35.5. The summed E-state index contributed by atoms with van der Waals surface area (Å²) >= 11 is 13.6. The summed E-state index contributed by atoms with van der Waals surface area (Å²) < 4.78 is 0.731. The molecule has 6 heteroatoms. The minimum absolute atomic E-state index is 0.0378. The molecule has 2 atom stereocenters. The van der Waals surface area contributed by atoms with Crippen LogP contribution in [-0.4, -0.2) is 28.9 Å². The van der Waals surface area contributed by atoms with E-state index in [0.29, 0.717) is 5.02 Å². The van der Waals surface area contributed by atoms with E-state index in [9.17, 15) is 5.11 Å². The van der Waals surface area contributed by atoms with Gasteiger partial charge >= 0.3 is 0 Å². The number of halogens is 2. The summed E-state index contributed by atoms with van der Waals surface area (Å²) in [5.74, 6) is 0. The number of allylic oxidation sites excluding steroid dienone is 1. The Balaban J connectivity index is 2.02. The molecule has 120 valence electrons. The molecule has 3 rings (SSSR count). The highest BCUT2D eigenvalue weighted by Gasteiger charge is 2.29. The Labute approximate surface area is 149 Å². The quantitative estimate of drug-likeness (QED) is 0.838. The summed E-state index contributed by atoms with van der Waals surface area (Å²) in [5, 5.41) is 10.4. The van der Waals surface area contributed by atoms with Gasteiger partial charge in [0.2, 0.25) is 0 Å². The summed E-state index contributed by atoms with van der Waals surface area (Å²) in [6, 6.07) is 11.5. The maximum atomic E-state index is 9.70. The fourth-order valence-corrected chi connectivity index (χ4v) is 3.83. The molecule has 3 nitrogen and oxygen atoms in total. The normalized spacial score (nSPS) is 18.9. The lowest BCUT2D eigenvalue weighted by atomic mass is 10.1. The number of rotatable bonds is 4. The van der Waals surface area contributed by atoms with Gasteiger partial charge in [0.25, 0.3) is 0 Å². The van der Waals surface area contributed by atoms with Gasteiger partial charge in [-0.25, -0.2) is 0 Å². The van der Waals surface area contributed by atoms with Crippen LogP contribution in [-0.2, 0) is 0 Å². The van der Waals surface area contributed by atoms with Crippen molar-refractivity contribution in [2.75, 3.05) is 6.61 Å². The van der Waals surface area contributed by atoms with E-state index >= 15 is 0 Å². The lowest BCUT2D eigenvalue weighted by Gasteiger charge is -2.38. The van der Waals surface area contributed by atoms with E-state index in [4.69, 9.17) is 23.2 Å². The second-order valence-corrected chi connectivity index (χ2v) is 7.49. The first-order chi connectivity index (χ1) is 11.1. The third kappa shape index (κ3) is 3.45. The summed E-state index contributed by atoms with van der Waals surface area (Å²) in [6.07, 6.45) is 3.58. The van der Waals surface area contributed by atoms with Crippen LogP contribution in [0, 0.1) is 0 Å². The van der Waals surface area contributed by atoms with Crippen molar-refractivity contribution in [2.45, 2.75) is 19.1 Å². The predicted octanol–water partition coefficient (Wildman–Crippen LogP) is 4.86. The van der Waals surface area contributed by atoms with Crippen molar-refractivity contribution in [3.8, 4) is 0 Å². The van der Waals surface area contributed by atoms with E-state index in [0.717, 1.165) is 20.5 Å². The molecule has 0 saturated carbocycles. The van der Waals surface area contributed by atoms with Crippen LogP contribution >= 0.6 is 34.5 Å². The lowest BCUT2D eigenvalue weighted by molar-refractivity contribution is 0.153. The molecular formula is C17H16Cl2N2OS. The van der Waals surface area contributed by atoms with Crippen molar-refractivity contribution >= 4 is 46.5 Å². The van der Waals surface area contributed by atoms with E-state index in [1.165, 1.54) is 11.3 Å². The van der Waals surface area contributed by atoms with Gasteiger partial charge in [0.05, 0.1) is 21.9 Å². The van der Waals surface area contributed by atoms with Crippen LogP contribution in [0.2, 0.25) is 9.36 Å². The first-order valence-electron chi connectivity index (χ1n) is 7.24. The average Bonchev–Trinajstić information content (AvgIpc) is 3.00. The van der Waals surface area contributed by atoms with Gasteiger partial charge in [-0.2, -0.15) is 0 Å². The van der Waals surface area contributed by atoms with Gasteiger partial charge < -0.3 is 10.0 Å². The number of thiophene rings is 1. The Hall–Kier alpha value is -1.33. The maximum Gasteiger partial charge on any atom is 0.156 e. The molecule has 2 aromatic rings. The zero-order valence-corrected chi connectivity index (χ0v) is 14.8. The van der Waals surface area contributed by atoms with Crippen molar-refractivity contribution in [3.05, 3.63) is 62.3 Å². The molecule has 0 saturated heterocycles. The molecule has 0 amide bonds. The van der Waals surface area contributed by atoms with Crippen molar-refractivity contribution < 1.29 is 5.11 Å². The Bertz CT molecular complexity index is 739. The molecule has 23 heavy (non-hydrogen) atoms. The molecule has 1 N–H and O–H groups in total. The monoisotopic (exact) mass is 366 g/mol. The number of aliphatic hydroxyl groups is 1. The highest BCUT2D eigenvalue weighted by molar-refractivity contribution is 7.16. The zero-order chi connectivity index (χ0) is 16.4. The van der Waals surface area contributed by atoms with Gasteiger partial charge in [-0.15, -0.1) is 11.3 Å². The molecule has 0 spiro atoms. The van der Waals surface area contributed by atoms with Crippen LogP contribution in [0.3, 0.4) is 0 Å². The van der Waals surface area contributed by atoms with Gasteiger partial charge in [0, 0.05) is 16.9 Å². The van der Waals surface area contributed by atoms with Gasteiger partial charge in [0.15, 0.2) is 6.17 Å². The van der Waals surface area contributed by atoms with Gasteiger partial charge in [-0.05, 0) is 42.8 Å². The first-order valence-corrected chi connectivity index (χ1v) is 8.81. The van der Waals surface area contributed by atoms with Crippen LogP contribution in [0.1, 0.15) is 23.5 Å². The summed E-state index contributed by atoms with van der Waals surface area (Å²) in [6.45, 7) is 2.02. The third-order valence-electron chi connectivity index (χ3n) is 3.73. The van der Waals surface area contributed by atoms with Crippen LogP contribution in [0.15, 0.2) is 47.5 Å². The van der Waals surface area contributed by atoms with Crippen molar-refractivity contribution in [2.24, 2.45) is 4.99 Å². The number of nitrogens with zero attached hydrogens (tertiary/aromatic N) is 2. The molecule has 1 aromatic carbocycles. The van der Waals surface area contributed by atoms with Crippen LogP contribution < -0.4 is 0 Å². The Morgan fingerprint density at radius 2 is 1.96 bits per heavy atom. The fourth-order valence-electron chi connectivity index (χ4n) is 2.59. The fraction of sp³-hybridized carbons (Fsp3) is 0.235. The molecule has 0 aliphatic carbocycles. The second-order valence-electron chi connectivity index (χ2n) is 5.31. The standard InChI is InChI=1S/C17H16Cl2N2OS/c1-11(10-22)21-14(12-2-4-13(18)5-3-12)8-9-20-17(21)15-6-7-16(19)23-15/h2-9,11,17,22H,10H2,1H3/t11-,17?/m0/s1. The molecule has 0 radical (unpaired) electrons. The van der Waals surface area contributed by atoms with E-state index in [-0.39, 0.29) is 18.8 Å². The van der Waals surface area contributed by atoms with Gasteiger partial charge in [0.1, 0.15) is 0 Å². The number of hydrogen-bond acceptors (Lipinski definition) is 4. The van der Waals surface area contributed by atoms with E-state index in [1.807, 2.05) is 55.6 Å². The molecule has 1 unspecified atom stereocenters. The van der Waals surface area contributed by atoms with Gasteiger partial charge in [-0.3, -0.25) is 4.99 Å².